The van der Waals surface area contributed by atoms with Gasteiger partial charge in [-0.15, -0.1) is 0 Å². The number of hydrogen-bond donors (Lipinski definition) is 0. The molecule has 0 aromatic rings. The molecule has 0 bridgehead atoms. The van der Waals surface area contributed by atoms with Gasteiger partial charge in [0.25, 0.3) is 0 Å². The number of likely N-dealkylation sites (N-methyl/N-ethyl adjacent to an activating group) is 2. The number of rotatable bonds is 16. The molecule has 4 nitrogen and oxygen atoms in total. The van der Waals surface area contributed by atoms with Gasteiger partial charge in [-0.25, -0.2) is 0 Å². The quantitative estimate of drug-likeness (QED) is 0.199. The molecular formula is C32H70Cl2N4. The Morgan fingerprint density at radius 1 is 0.500 bits per heavy atom. The average molecular weight is 582 g/mol. The summed E-state index contributed by atoms with van der Waals surface area (Å²) in [7, 11) is 9.73. The minimum atomic E-state index is 0. The molecule has 232 valence electrons. The zero-order valence-electron chi connectivity index (χ0n) is 27.3. The summed E-state index contributed by atoms with van der Waals surface area (Å²) in [4.78, 5) is 5.41. The summed E-state index contributed by atoms with van der Waals surface area (Å²) >= 11 is 0. The van der Waals surface area contributed by atoms with Gasteiger partial charge < -0.3 is 33.8 Å². The van der Waals surface area contributed by atoms with Crippen LogP contribution in [0.4, 0.5) is 0 Å². The molecule has 38 heavy (non-hydrogen) atoms. The third-order valence-electron chi connectivity index (χ3n) is 9.34. The first-order valence-corrected chi connectivity index (χ1v) is 16.3. The van der Waals surface area contributed by atoms with Crippen molar-refractivity contribution >= 4 is 0 Å². The van der Waals surface area contributed by atoms with Crippen molar-refractivity contribution in [1.82, 2.24) is 9.80 Å². The first-order chi connectivity index (χ1) is 17.2. The second-order valence-corrected chi connectivity index (χ2v) is 13.3. The molecule has 0 aliphatic carbocycles. The Kier molecular flexibility index (Phi) is 24.6. The predicted octanol–water partition coefficient (Wildman–Crippen LogP) is 1.04. The van der Waals surface area contributed by atoms with E-state index in [1.54, 1.807) is 0 Å². The summed E-state index contributed by atoms with van der Waals surface area (Å²) in [6.07, 6.45) is 19.5. The van der Waals surface area contributed by atoms with Crippen LogP contribution in [0.5, 0.6) is 0 Å². The minimum Gasteiger partial charge on any atom is -1.00 e. The van der Waals surface area contributed by atoms with Crippen LogP contribution in [0.15, 0.2) is 0 Å². The fourth-order valence-electron chi connectivity index (χ4n) is 6.05. The Balaban J connectivity index is 0. The number of unbranched alkanes of at least 4 members (excludes halogenated alkanes) is 8. The third kappa shape index (κ3) is 16.6. The zero-order valence-corrected chi connectivity index (χ0v) is 28.8. The average Bonchev–Trinajstić information content (AvgIpc) is 2.85. The fourth-order valence-corrected chi connectivity index (χ4v) is 6.05. The second-order valence-electron chi connectivity index (χ2n) is 13.3. The van der Waals surface area contributed by atoms with Crippen molar-refractivity contribution in [2.45, 2.75) is 130 Å². The molecule has 2 atom stereocenters. The summed E-state index contributed by atoms with van der Waals surface area (Å²) in [5, 5.41) is 0. The lowest BCUT2D eigenvalue weighted by Gasteiger charge is -2.46. The van der Waals surface area contributed by atoms with Crippen LogP contribution in [-0.4, -0.2) is 111 Å². The van der Waals surface area contributed by atoms with Crippen LogP contribution in [0.25, 0.3) is 0 Å². The molecule has 0 aromatic heterocycles. The lowest BCUT2D eigenvalue weighted by molar-refractivity contribution is -0.920. The van der Waals surface area contributed by atoms with Crippen molar-refractivity contribution in [1.29, 1.82) is 0 Å². The van der Waals surface area contributed by atoms with E-state index in [1.165, 1.54) is 151 Å². The normalized spacial score (nSPS) is 23.1. The van der Waals surface area contributed by atoms with E-state index in [2.05, 4.69) is 65.7 Å². The van der Waals surface area contributed by atoms with Crippen LogP contribution in [0.3, 0.4) is 0 Å². The van der Waals surface area contributed by atoms with E-state index in [4.69, 9.17) is 0 Å². The molecule has 0 aromatic carbocycles. The molecule has 2 saturated heterocycles. The topological polar surface area (TPSA) is 6.48 Å². The lowest BCUT2D eigenvalue weighted by atomic mass is 10.0. The molecular weight excluding hydrogens is 511 g/mol. The Labute approximate surface area is 253 Å². The predicted molar refractivity (Wildman–Crippen MR) is 162 cm³/mol. The Morgan fingerprint density at radius 3 is 1.16 bits per heavy atom. The Hall–Kier alpha value is 0.420. The number of halogens is 2. The summed E-state index contributed by atoms with van der Waals surface area (Å²) < 4.78 is 2.49. The van der Waals surface area contributed by atoms with E-state index in [9.17, 15) is 0 Å². The van der Waals surface area contributed by atoms with Crippen LogP contribution < -0.4 is 24.8 Å². The van der Waals surface area contributed by atoms with Crippen molar-refractivity contribution in [2.75, 3.05) is 80.5 Å². The van der Waals surface area contributed by atoms with E-state index < -0.39 is 0 Å². The SMILES string of the molecule is CCCCCCC1CN(CCCC)CC[N+]1(C)C.CCCCCCC1CN(CCCC)CC[N+]1(C)C.[Cl-].[Cl-]. The summed E-state index contributed by atoms with van der Waals surface area (Å²) in [6, 6.07) is 1.74. The fraction of sp³-hybridized carbons (Fsp3) is 1.00. The van der Waals surface area contributed by atoms with Gasteiger partial charge in [-0.1, -0.05) is 79.1 Å². The lowest BCUT2D eigenvalue weighted by Crippen LogP contribution is -3.00. The first-order valence-electron chi connectivity index (χ1n) is 16.3. The Morgan fingerprint density at radius 2 is 0.842 bits per heavy atom. The molecule has 2 aliphatic heterocycles. The number of hydrogen-bond acceptors (Lipinski definition) is 2. The molecule has 2 rings (SSSR count). The molecule has 2 fully saturated rings. The number of quaternary nitrogens is 2. The largest absolute Gasteiger partial charge is 1.00 e. The number of nitrogens with zero attached hydrogens (tertiary/aromatic N) is 4. The van der Waals surface area contributed by atoms with Gasteiger partial charge in [0.15, 0.2) is 0 Å². The molecule has 2 aliphatic rings. The highest BCUT2D eigenvalue weighted by Crippen LogP contribution is 2.22. The van der Waals surface area contributed by atoms with E-state index in [-0.39, 0.29) is 24.8 Å². The van der Waals surface area contributed by atoms with E-state index in [1.807, 2.05) is 0 Å². The molecule has 6 heteroatoms. The van der Waals surface area contributed by atoms with Gasteiger partial charge in [-0.3, -0.25) is 9.80 Å². The maximum atomic E-state index is 2.71. The van der Waals surface area contributed by atoms with Crippen molar-refractivity contribution in [3.63, 3.8) is 0 Å². The van der Waals surface area contributed by atoms with Crippen LogP contribution >= 0.6 is 0 Å². The number of piperazine rings is 2. The smallest absolute Gasteiger partial charge is 0.101 e. The summed E-state index contributed by atoms with van der Waals surface area (Å²) in [6.45, 7) is 19.8. The zero-order chi connectivity index (χ0) is 26.9. The first kappa shape index (κ1) is 40.6. The molecule has 2 heterocycles. The molecule has 0 amide bonds. The van der Waals surface area contributed by atoms with Crippen LogP contribution in [-0.2, 0) is 0 Å². The highest BCUT2D eigenvalue weighted by Gasteiger charge is 2.35. The van der Waals surface area contributed by atoms with Crippen LogP contribution in [0, 0.1) is 0 Å². The highest BCUT2D eigenvalue weighted by molar-refractivity contribution is 4.73. The van der Waals surface area contributed by atoms with Crippen molar-refractivity contribution in [2.24, 2.45) is 0 Å². The van der Waals surface area contributed by atoms with Crippen LogP contribution in [0.1, 0.15) is 118 Å². The van der Waals surface area contributed by atoms with Gasteiger partial charge in [0, 0.05) is 25.9 Å². The van der Waals surface area contributed by atoms with Gasteiger partial charge in [-0.05, 0) is 38.8 Å². The van der Waals surface area contributed by atoms with Gasteiger partial charge >= 0.3 is 0 Å². The standard InChI is InChI=1S/2C16H35N2.2ClH/c2*1-5-7-9-10-11-16-15-17(12-8-6-2)13-14-18(16,3)4;;/h2*16H,5-15H2,1-4H3;2*1H/q2*+1;;/p-2. The van der Waals surface area contributed by atoms with Crippen molar-refractivity contribution in [3.8, 4) is 0 Å². The minimum absolute atomic E-state index is 0. The van der Waals surface area contributed by atoms with Gasteiger partial charge in [-0.2, -0.15) is 0 Å². The maximum Gasteiger partial charge on any atom is 0.101 e. The molecule has 0 saturated carbocycles. The monoisotopic (exact) mass is 580 g/mol. The van der Waals surface area contributed by atoms with Crippen molar-refractivity contribution < 1.29 is 33.8 Å². The molecule has 2 unspecified atom stereocenters. The Bertz CT molecular complexity index is 484. The van der Waals surface area contributed by atoms with E-state index >= 15 is 0 Å². The van der Waals surface area contributed by atoms with E-state index in [0.29, 0.717) is 0 Å². The maximum absolute atomic E-state index is 2.71. The third-order valence-corrected chi connectivity index (χ3v) is 9.34. The summed E-state index contributed by atoms with van der Waals surface area (Å²) in [5.41, 5.74) is 0. The second kappa shape index (κ2) is 23.0. The molecule has 0 spiro atoms. The van der Waals surface area contributed by atoms with Crippen LogP contribution in [0.2, 0.25) is 0 Å². The van der Waals surface area contributed by atoms with Crippen molar-refractivity contribution in [3.05, 3.63) is 0 Å². The highest BCUT2D eigenvalue weighted by atomic mass is 35.5. The molecule has 0 radical (unpaired) electrons. The molecule has 0 N–H and O–H groups in total. The van der Waals surface area contributed by atoms with Gasteiger partial charge in [0.2, 0.25) is 0 Å². The summed E-state index contributed by atoms with van der Waals surface area (Å²) in [5.74, 6) is 0. The van der Waals surface area contributed by atoms with Gasteiger partial charge in [0.05, 0.1) is 54.4 Å². The van der Waals surface area contributed by atoms with E-state index in [0.717, 1.165) is 12.1 Å². The van der Waals surface area contributed by atoms with Gasteiger partial charge in [0.1, 0.15) is 12.1 Å².